The summed E-state index contributed by atoms with van der Waals surface area (Å²) in [5.41, 5.74) is -0.0931. The highest BCUT2D eigenvalue weighted by molar-refractivity contribution is 7.13. The van der Waals surface area contributed by atoms with E-state index in [0.29, 0.717) is 22.9 Å². The molecule has 3 saturated carbocycles. The van der Waals surface area contributed by atoms with E-state index in [9.17, 15) is 9.59 Å². The average Bonchev–Trinajstić information content (AvgIpc) is 3.15. The summed E-state index contributed by atoms with van der Waals surface area (Å²) >= 11 is 1.42. The van der Waals surface area contributed by atoms with Gasteiger partial charge in [0, 0.05) is 29.8 Å². The minimum absolute atomic E-state index is 0.0343. The summed E-state index contributed by atoms with van der Waals surface area (Å²) in [5.74, 6) is 0.881. The molecule has 1 aliphatic heterocycles. The van der Waals surface area contributed by atoms with Gasteiger partial charge in [0.15, 0.2) is 10.9 Å². The van der Waals surface area contributed by atoms with Crippen molar-refractivity contribution < 1.29 is 14.3 Å². The van der Waals surface area contributed by atoms with Gasteiger partial charge in [-0.05, 0) is 37.3 Å². The second-order valence-corrected chi connectivity index (χ2v) is 8.24. The summed E-state index contributed by atoms with van der Waals surface area (Å²) in [6, 6.07) is 7.36. The maximum absolute atomic E-state index is 12.7. The van der Waals surface area contributed by atoms with Crippen molar-refractivity contribution in [3.8, 4) is 5.75 Å². The van der Waals surface area contributed by atoms with Gasteiger partial charge in [-0.3, -0.25) is 9.59 Å². The highest BCUT2D eigenvalue weighted by Gasteiger charge is 2.57. The minimum Gasteiger partial charge on any atom is -0.467 e. The van der Waals surface area contributed by atoms with Crippen LogP contribution in [0.25, 0.3) is 0 Å². The molecule has 2 aromatic rings. The molecule has 3 fully saturated rings. The summed E-state index contributed by atoms with van der Waals surface area (Å²) in [7, 11) is 0. The molecule has 4 aliphatic rings. The number of carbonyl (C=O) groups is 2. The number of nitrogens with zero attached hydrogens (tertiary/aromatic N) is 1. The molecule has 2 N–H and O–H groups in total. The maximum Gasteiger partial charge on any atom is 0.258 e. The van der Waals surface area contributed by atoms with Gasteiger partial charge >= 0.3 is 0 Å². The van der Waals surface area contributed by atoms with Crippen LogP contribution in [-0.2, 0) is 4.79 Å². The van der Waals surface area contributed by atoms with Gasteiger partial charge in [-0.15, -0.1) is 11.3 Å². The van der Waals surface area contributed by atoms with E-state index in [2.05, 4.69) is 15.6 Å². The average molecular weight is 369 g/mol. The lowest BCUT2D eigenvalue weighted by atomic mass is 9.60. The molecule has 26 heavy (non-hydrogen) atoms. The van der Waals surface area contributed by atoms with Crippen LogP contribution in [0.1, 0.15) is 36.0 Å². The van der Waals surface area contributed by atoms with Gasteiger partial charge < -0.3 is 15.4 Å². The van der Waals surface area contributed by atoms with Crippen LogP contribution in [0.3, 0.4) is 0 Å². The van der Waals surface area contributed by atoms with E-state index in [0.717, 1.165) is 19.3 Å². The van der Waals surface area contributed by atoms with Gasteiger partial charge in [0.1, 0.15) is 5.75 Å². The molecule has 4 unspecified atom stereocenters. The predicted molar refractivity (Wildman–Crippen MR) is 96.9 cm³/mol. The Balaban J connectivity index is 1.38. The minimum atomic E-state index is -0.674. The van der Waals surface area contributed by atoms with Gasteiger partial charge in [-0.1, -0.05) is 12.1 Å². The first kappa shape index (κ1) is 15.8. The summed E-state index contributed by atoms with van der Waals surface area (Å²) in [6.07, 6.45) is 5.04. The Bertz CT molecular complexity index is 869. The standard InChI is InChI=1S/C19H19N3O3S/c23-16(21-18-20-7-8-26-18)14-9-12-6-5-11(14)10-19(12)22-17(24)13-3-1-2-4-15(13)25-19/h1-4,7-8,11-12,14H,5-6,9-10H2,(H,22,24)(H,20,21,23). The van der Waals surface area contributed by atoms with E-state index in [-0.39, 0.29) is 29.6 Å². The van der Waals surface area contributed by atoms with Crippen LogP contribution in [0, 0.1) is 17.8 Å². The lowest BCUT2D eigenvalue weighted by Gasteiger charge is -2.55. The van der Waals surface area contributed by atoms with Crippen molar-refractivity contribution in [3.05, 3.63) is 41.4 Å². The first-order valence-electron chi connectivity index (χ1n) is 8.95. The number of rotatable bonds is 2. The fraction of sp³-hybridized carbons (Fsp3) is 0.421. The third-order valence-corrected chi connectivity index (χ3v) is 6.65. The number of aromatic nitrogens is 1. The number of fused-ring (bicyclic) bond motifs is 3. The Hall–Kier alpha value is -2.41. The second-order valence-electron chi connectivity index (χ2n) is 7.35. The fourth-order valence-corrected chi connectivity index (χ4v) is 5.30. The van der Waals surface area contributed by atoms with Crippen molar-refractivity contribution in [2.75, 3.05) is 5.32 Å². The van der Waals surface area contributed by atoms with Gasteiger partial charge in [-0.25, -0.2) is 4.98 Å². The van der Waals surface area contributed by atoms with Crippen LogP contribution in [0.5, 0.6) is 5.75 Å². The Kier molecular flexibility index (Phi) is 3.53. The van der Waals surface area contributed by atoms with Crippen molar-refractivity contribution >= 4 is 28.3 Å². The highest BCUT2D eigenvalue weighted by atomic mass is 32.1. The van der Waals surface area contributed by atoms with Crippen molar-refractivity contribution in [3.63, 3.8) is 0 Å². The molecule has 2 amide bonds. The normalized spacial score (nSPS) is 31.8. The van der Waals surface area contributed by atoms with E-state index in [1.54, 1.807) is 12.3 Å². The number of thiazole rings is 1. The van der Waals surface area contributed by atoms with Gasteiger partial charge in [-0.2, -0.15) is 0 Å². The van der Waals surface area contributed by atoms with Crippen LogP contribution in [0.2, 0.25) is 0 Å². The molecule has 2 heterocycles. The number of anilines is 1. The molecule has 0 saturated heterocycles. The zero-order valence-electron chi connectivity index (χ0n) is 14.1. The van der Waals surface area contributed by atoms with Crippen LogP contribution in [-0.4, -0.2) is 22.5 Å². The number of nitrogens with one attached hydrogen (secondary N) is 2. The van der Waals surface area contributed by atoms with Crippen LogP contribution < -0.4 is 15.4 Å². The SMILES string of the molecule is O=C1NC2(CC3CCC2CC3C(=O)Nc2nccs2)Oc2ccccc21. The predicted octanol–water partition coefficient (Wildman–Crippen LogP) is 3.04. The highest BCUT2D eigenvalue weighted by Crippen LogP contribution is 2.52. The largest absolute Gasteiger partial charge is 0.467 e. The zero-order chi connectivity index (χ0) is 17.7. The van der Waals surface area contributed by atoms with Gasteiger partial charge in [0.05, 0.1) is 5.56 Å². The zero-order valence-corrected chi connectivity index (χ0v) is 14.9. The van der Waals surface area contributed by atoms with E-state index < -0.39 is 5.72 Å². The van der Waals surface area contributed by atoms with Gasteiger partial charge in [0.2, 0.25) is 5.91 Å². The van der Waals surface area contributed by atoms with Crippen molar-refractivity contribution in [2.45, 2.75) is 31.4 Å². The first-order valence-corrected chi connectivity index (χ1v) is 9.83. The van der Waals surface area contributed by atoms with E-state index in [1.807, 2.05) is 23.6 Å². The number of hydrogen-bond donors (Lipinski definition) is 2. The molecule has 3 aliphatic carbocycles. The van der Waals surface area contributed by atoms with Crippen LogP contribution >= 0.6 is 11.3 Å². The fourth-order valence-electron chi connectivity index (χ4n) is 4.76. The second kappa shape index (κ2) is 5.81. The number of carbonyl (C=O) groups excluding carboxylic acids is 2. The van der Waals surface area contributed by atoms with E-state index in [1.165, 1.54) is 11.3 Å². The Morgan fingerprint density at radius 2 is 2.23 bits per heavy atom. The van der Waals surface area contributed by atoms with Crippen LogP contribution in [0.4, 0.5) is 5.13 Å². The lowest BCUT2D eigenvalue weighted by molar-refractivity contribution is -0.142. The molecule has 4 atom stereocenters. The third kappa shape index (κ3) is 2.41. The Morgan fingerprint density at radius 1 is 1.35 bits per heavy atom. The summed E-state index contributed by atoms with van der Waals surface area (Å²) in [5, 5.41) is 8.54. The Morgan fingerprint density at radius 3 is 3.00 bits per heavy atom. The topological polar surface area (TPSA) is 80.3 Å². The molecule has 1 aromatic heterocycles. The molecule has 2 bridgehead atoms. The number of para-hydroxylation sites is 1. The maximum atomic E-state index is 12.7. The molecule has 1 spiro atoms. The molecule has 1 aromatic carbocycles. The van der Waals surface area contributed by atoms with E-state index >= 15 is 0 Å². The Labute approximate surface area is 155 Å². The summed E-state index contributed by atoms with van der Waals surface area (Å²) < 4.78 is 6.32. The number of hydrogen-bond acceptors (Lipinski definition) is 5. The molecule has 134 valence electrons. The first-order chi connectivity index (χ1) is 12.6. The van der Waals surface area contributed by atoms with Gasteiger partial charge in [0.25, 0.3) is 5.91 Å². The monoisotopic (exact) mass is 369 g/mol. The smallest absolute Gasteiger partial charge is 0.258 e. The molecule has 6 rings (SSSR count). The number of ether oxygens (including phenoxy) is 1. The lowest BCUT2D eigenvalue weighted by Crippen LogP contribution is -2.66. The van der Waals surface area contributed by atoms with Crippen molar-refractivity contribution in [1.29, 1.82) is 0 Å². The molecule has 6 nitrogen and oxygen atoms in total. The molecule has 0 radical (unpaired) electrons. The van der Waals surface area contributed by atoms with Crippen LogP contribution in [0.15, 0.2) is 35.8 Å². The van der Waals surface area contributed by atoms with Crippen molar-refractivity contribution in [2.24, 2.45) is 17.8 Å². The van der Waals surface area contributed by atoms with E-state index in [4.69, 9.17) is 4.74 Å². The summed E-state index contributed by atoms with van der Waals surface area (Å²) in [4.78, 5) is 29.4. The molecular weight excluding hydrogens is 350 g/mol. The van der Waals surface area contributed by atoms with Crippen molar-refractivity contribution in [1.82, 2.24) is 10.3 Å². The quantitative estimate of drug-likeness (QED) is 0.853. The number of amides is 2. The molecular formula is C19H19N3O3S. The number of benzene rings is 1. The third-order valence-electron chi connectivity index (χ3n) is 5.97. The summed E-state index contributed by atoms with van der Waals surface area (Å²) in [6.45, 7) is 0. The molecule has 7 heteroatoms.